The SMILES string of the molecule is Cc1ccc(-n2nc(-c3ccccc3)cc2OS(=O)(=O)c2cc(Cl)ccc2Cl)cc1. The molecule has 5 nitrogen and oxygen atoms in total. The van der Waals surface area contributed by atoms with Crippen molar-refractivity contribution in [3.8, 4) is 22.8 Å². The van der Waals surface area contributed by atoms with Crippen LogP contribution >= 0.6 is 23.2 Å². The standard InChI is InChI=1S/C22H16Cl2N2O3S/c1-15-7-10-18(11-8-15)26-22(14-20(25-26)16-5-3-2-4-6-16)29-30(27,28)21-13-17(23)9-12-19(21)24/h2-14H,1H3. The first-order chi connectivity index (χ1) is 14.3. The highest BCUT2D eigenvalue weighted by molar-refractivity contribution is 7.87. The monoisotopic (exact) mass is 458 g/mol. The van der Waals surface area contributed by atoms with Crippen LogP contribution in [0.15, 0.2) is 83.8 Å². The van der Waals surface area contributed by atoms with Gasteiger partial charge in [-0.25, -0.2) is 0 Å². The second-order valence-corrected chi connectivity index (χ2v) is 8.95. The third kappa shape index (κ3) is 4.21. The predicted octanol–water partition coefficient (Wildman–Crippen LogP) is 5.92. The summed E-state index contributed by atoms with van der Waals surface area (Å²) in [4.78, 5) is -0.213. The third-order valence-corrected chi connectivity index (χ3v) is 6.33. The van der Waals surface area contributed by atoms with E-state index in [-0.39, 0.29) is 20.8 Å². The number of nitrogens with zero attached hydrogens (tertiary/aromatic N) is 2. The second kappa shape index (κ2) is 8.14. The van der Waals surface area contributed by atoms with Gasteiger partial charge in [0.15, 0.2) is 0 Å². The molecule has 0 aliphatic heterocycles. The van der Waals surface area contributed by atoms with Crippen molar-refractivity contribution in [1.29, 1.82) is 0 Å². The zero-order valence-corrected chi connectivity index (χ0v) is 18.1. The highest BCUT2D eigenvalue weighted by atomic mass is 35.5. The fourth-order valence-electron chi connectivity index (χ4n) is 2.87. The van der Waals surface area contributed by atoms with Crippen molar-refractivity contribution >= 4 is 33.3 Å². The first kappa shape index (κ1) is 20.5. The summed E-state index contributed by atoms with van der Waals surface area (Å²) in [6.45, 7) is 1.96. The van der Waals surface area contributed by atoms with E-state index in [0.29, 0.717) is 11.4 Å². The number of rotatable bonds is 5. The molecule has 0 fully saturated rings. The molecule has 8 heteroatoms. The van der Waals surface area contributed by atoms with E-state index in [1.807, 2.05) is 61.5 Å². The second-order valence-electron chi connectivity index (χ2n) is 6.59. The maximum Gasteiger partial charge on any atom is 0.342 e. The first-order valence-corrected chi connectivity index (χ1v) is 11.1. The van der Waals surface area contributed by atoms with Gasteiger partial charge in [0.25, 0.3) is 0 Å². The molecule has 4 rings (SSSR count). The van der Waals surface area contributed by atoms with Gasteiger partial charge in [0.1, 0.15) is 4.90 Å². The Morgan fingerprint density at radius 1 is 0.900 bits per heavy atom. The van der Waals surface area contributed by atoms with Gasteiger partial charge in [-0.1, -0.05) is 71.2 Å². The van der Waals surface area contributed by atoms with Crippen molar-refractivity contribution in [2.24, 2.45) is 0 Å². The smallest absolute Gasteiger partial charge is 0.342 e. The van der Waals surface area contributed by atoms with Crippen LogP contribution in [0.5, 0.6) is 5.88 Å². The Hall–Kier alpha value is -2.80. The lowest BCUT2D eigenvalue weighted by molar-refractivity contribution is 0.465. The van der Waals surface area contributed by atoms with Crippen LogP contribution in [0.1, 0.15) is 5.56 Å². The number of halogens is 2. The summed E-state index contributed by atoms with van der Waals surface area (Å²) >= 11 is 12.0. The topological polar surface area (TPSA) is 61.2 Å². The van der Waals surface area contributed by atoms with Crippen LogP contribution in [-0.2, 0) is 10.1 Å². The number of hydrogen-bond acceptors (Lipinski definition) is 4. The van der Waals surface area contributed by atoms with E-state index >= 15 is 0 Å². The molecule has 0 aliphatic rings. The Kier molecular flexibility index (Phi) is 5.56. The molecule has 0 N–H and O–H groups in total. The third-order valence-electron chi connectivity index (χ3n) is 4.38. The van der Waals surface area contributed by atoms with Crippen molar-refractivity contribution in [2.45, 2.75) is 11.8 Å². The molecule has 0 spiro atoms. The molecule has 0 radical (unpaired) electrons. The molecule has 4 aromatic rings. The summed E-state index contributed by atoms with van der Waals surface area (Å²) in [6.07, 6.45) is 0. The Bertz CT molecular complexity index is 1300. The van der Waals surface area contributed by atoms with E-state index in [1.165, 1.54) is 22.9 Å². The molecule has 0 saturated carbocycles. The number of hydrogen-bond donors (Lipinski definition) is 0. The van der Waals surface area contributed by atoms with Gasteiger partial charge in [-0.2, -0.15) is 18.2 Å². The summed E-state index contributed by atoms with van der Waals surface area (Å²) in [5, 5.41) is 4.82. The number of aryl methyl sites for hydroxylation is 1. The van der Waals surface area contributed by atoms with Crippen LogP contribution in [0.4, 0.5) is 0 Å². The molecular weight excluding hydrogens is 443 g/mol. The lowest BCUT2D eigenvalue weighted by Crippen LogP contribution is -2.13. The highest BCUT2D eigenvalue weighted by Gasteiger charge is 2.24. The summed E-state index contributed by atoms with van der Waals surface area (Å²) < 4.78 is 32.8. The van der Waals surface area contributed by atoms with Crippen molar-refractivity contribution in [2.75, 3.05) is 0 Å². The predicted molar refractivity (Wildman–Crippen MR) is 118 cm³/mol. The molecule has 0 amide bonds. The van der Waals surface area contributed by atoms with E-state index in [9.17, 15) is 8.42 Å². The molecule has 0 bridgehead atoms. The molecule has 30 heavy (non-hydrogen) atoms. The van der Waals surface area contributed by atoms with Crippen LogP contribution < -0.4 is 4.18 Å². The fraction of sp³-hybridized carbons (Fsp3) is 0.0455. The minimum Gasteiger partial charge on any atom is -0.358 e. The Morgan fingerprint density at radius 3 is 2.30 bits per heavy atom. The maximum absolute atomic E-state index is 13.0. The minimum atomic E-state index is -4.25. The summed E-state index contributed by atoms with van der Waals surface area (Å²) in [5.41, 5.74) is 3.12. The lowest BCUT2D eigenvalue weighted by atomic mass is 10.2. The van der Waals surface area contributed by atoms with Gasteiger partial charge in [0.05, 0.1) is 16.4 Å². The summed E-state index contributed by atoms with van der Waals surface area (Å²) in [5.74, 6) is 0.0359. The molecule has 0 aliphatic carbocycles. The van der Waals surface area contributed by atoms with Crippen LogP contribution in [0, 0.1) is 6.92 Å². The normalized spacial score (nSPS) is 11.4. The van der Waals surface area contributed by atoms with Gasteiger partial charge in [0.2, 0.25) is 5.88 Å². The Morgan fingerprint density at radius 2 is 1.60 bits per heavy atom. The van der Waals surface area contributed by atoms with Gasteiger partial charge in [-0.3, -0.25) is 0 Å². The zero-order valence-electron chi connectivity index (χ0n) is 15.8. The van der Waals surface area contributed by atoms with Crippen LogP contribution in [0.3, 0.4) is 0 Å². The van der Waals surface area contributed by atoms with Gasteiger partial charge in [-0.15, -0.1) is 0 Å². The maximum atomic E-state index is 13.0. The van der Waals surface area contributed by atoms with Crippen molar-refractivity contribution in [3.05, 3.63) is 94.5 Å². The zero-order chi connectivity index (χ0) is 21.3. The Balaban J connectivity index is 1.82. The van der Waals surface area contributed by atoms with Crippen molar-refractivity contribution in [1.82, 2.24) is 9.78 Å². The highest BCUT2D eigenvalue weighted by Crippen LogP contribution is 2.31. The Labute approximate surface area is 184 Å². The van der Waals surface area contributed by atoms with Gasteiger partial charge in [-0.05, 0) is 37.3 Å². The lowest BCUT2D eigenvalue weighted by Gasteiger charge is -2.11. The van der Waals surface area contributed by atoms with E-state index in [2.05, 4.69) is 5.10 Å². The minimum absolute atomic E-state index is 0.0177. The average Bonchev–Trinajstić information content (AvgIpc) is 3.14. The molecule has 0 atom stereocenters. The summed E-state index contributed by atoms with van der Waals surface area (Å²) in [6, 6.07) is 22.6. The fourth-order valence-corrected chi connectivity index (χ4v) is 4.52. The molecule has 1 aromatic heterocycles. The van der Waals surface area contributed by atoms with Gasteiger partial charge >= 0.3 is 10.1 Å². The number of benzene rings is 3. The molecule has 152 valence electrons. The quantitative estimate of drug-likeness (QED) is 0.348. The van der Waals surface area contributed by atoms with Crippen LogP contribution in [-0.4, -0.2) is 18.2 Å². The average molecular weight is 459 g/mol. The summed E-state index contributed by atoms with van der Waals surface area (Å²) in [7, 11) is -4.25. The van der Waals surface area contributed by atoms with Crippen molar-refractivity contribution in [3.63, 3.8) is 0 Å². The van der Waals surface area contributed by atoms with E-state index < -0.39 is 10.1 Å². The van der Waals surface area contributed by atoms with Crippen molar-refractivity contribution < 1.29 is 12.6 Å². The van der Waals surface area contributed by atoms with E-state index in [1.54, 1.807) is 6.07 Å². The largest absolute Gasteiger partial charge is 0.358 e. The molecule has 0 saturated heterocycles. The van der Waals surface area contributed by atoms with Gasteiger partial charge in [0, 0.05) is 16.7 Å². The van der Waals surface area contributed by atoms with E-state index in [0.717, 1.165) is 11.1 Å². The van der Waals surface area contributed by atoms with E-state index in [4.69, 9.17) is 27.4 Å². The van der Waals surface area contributed by atoms with Crippen LogP contribution in [0.25, 0.3) is 16.9 Å². The first-order valence-electron chi connectivity index (χ1n) is 8.95. The van der Waals surface area contributed by atoms with Crippen LogP contribution in [0.2, 0.25) is 10.0 Å². The molecule has 1 heterocycles. The molecule has 3 aromatic carbocycles. The molecular formula is C22H16Cl2N2O3S. The number of aromatic nitrogens is 2. The molecule has 0 unspecified atom stereocenters. The van der Waals surface area contributed by atoms with Gasteiger partial charge < -0.3 is 4.18 Å².